The van der Waals surface area contributed by atoms with Gasteiger partial charge in [0.2, 0.25) is 53.2 Å². The lowest BCUT2D eigenvalue weighted by atomic mass is 10.0. The van der Waals surface area contributed by atoms with Crippen LogP contribution in [0.2, 0.25) is 0 Å². The molecule has 1 aliphatic rings. The Hall–Kier alpha value is -9.47. The number of non-ortho nitro benzene ring substituents is 1. The number of aromatic hydroxyl groups is 2. The summed E-state index contributed by atoms with van der Waals surface area (Å²) in [4.78, 5) is 150. The van der Waals surface area contributed by atoms with Gasteiger partial charge >= 0.3 is 12.1 Å². The zero-order valence-corrected chi connectivity index (χ0v) is 50.5. The lowest BCUT2D eigenvalue weighted by Crippen LogP contribution is -2.62. The number of carbonyl (C=O) groups is 10. The monoisotopic (exact) mass is 1310 g/mol. The number of carbonyl (C=O) groups excluding carboxylic acids is 9. The van der Waals surface area contributed by atoms with Crippen LogP contribution in [0.5, 0.6) is 11.5 Å². The van der Waals surface area contributed by atoms with Crippen LogP contribution in [0.3, 0.4) is 0 Å². The summed E-state index contributed by atoms with van der Waals surface area (Å²) in [5.74, 6) is -11.9. The first-order chi connectivity index (χ1) is 43.0. The lowest BCUT2D eigenvalue weighted by Gasteiger charge is -2.29. The molecule has 28 nitrogen and oxygen atoms in total. The third-order valence-electron chi connectivity index (χ3n) is 13.8. The van der Waals surface area contributed by atoms with Crippen LogP contribution in [0.15, 0.2) is 103 Å². The highest BCUT2D eigenvalue weighted by Gasteiger charge is 2.39. The highest BCUT2D eigenvalue weighted by Crippen LogP contribution is 2.25. The van der Waals surface area contributed by atoms with E-state index in [1.165, 1.54) is 79.7 Å². The molecule has 0 aliphatic carbocycles. The van der Waals surface area contributed by atoms with Gasteiger partial charge in [0.05, 0.1) is 11.0 Å². The molecular formula is C58H69F3N12O16S2. The summed E-state index contributed by atoms with van der Waals surface area (Å²) in [7, 11) is 1.80. The van der Waals surface area contributed by atoms with Crippen molar-refractivity contribution in [2.75, 3.05) is 18.1 Å². The Morgan fingerprint density at radius 2 is 1.23 bits per heavy atom. The molecule has 0 radical (unpaired) electrons. The number of aliphatic hydroxyl groups excluding tert-OH is 1. The summed E-state index contributed by atoms with van der Waals surface area (Å²) < 4.78 is 31.7. The van der Waals surface area contributed by atoms with E-state index in [4.69, 9.17) is 21.4 Å². The third kappa shape index (κ3) is 23.1. The Morgan fingerprint density at radius 1 is 0.703 bits per heavy atom. The van der Waals surface area contributed by atoms with E-state index in [9.17, 15) is 81.8 Å². The smallest absolute Gasteiger partial charge is 0.490 e. The number of nitrogens with one attached hydrogen (secondary N) is 9. The molecule has 1 fully saturated rings. The first kappa shape index (κ1) is 72.3. The Bertz CT molecular complexity index is 3380. The van der Waals surface area contributed by atoms with Gasteiger partial charge in [-0.2, -0.15) is 13.2 Å². The van der Waals surface area contributed by atoms with E-state index >= 15 is 0 Å². The molecule has 1 aliphatic heterocycles. The molecule has 490 valence electrons. The van der Waals surface area contributed by atoms with E-state index in [1.807, 2.05) is 0 Å². The molecule has 2 unspecified atom stereocenters. The van der Waals surface area contributed by atoms with Gasteiger partial charge in [0.15, 0.2) is 0 Å². The highest BCUT2D eigenvalue weighted by atomic mass is 33.1. The van der Waals surface area contributed by atoms with E-state index in [1.54, 1.807) is 30.5 Å². The van der Waals surface area contributed by atoms with Crippen molar-refractivity contribution in [3.63, 3.8) is 0 Å². The number of aliphatic carboxylic acids is 1. The number of carboxylic acids is 1. The Morgan fingerprint density at radius 3 is 1.79 bits per heavy atom. The second kappa shape index (κ2) is 34.5. The van der Waals surface area contributed by atoms with E-state index in [-0.39, 0.29) is 73.8 Å². The second-order valence-electron chi connectivity index (χ2n) is 20.8. The van der Waals surface area contributed by atoms with Crippen LogP contribution in [-0.2, 0) is 73.6 Å². The van der Waals surface area contributed by atoms with Crippen LogP contribution < -0.4 is 54.0 Å². The average Bonchev–Trinajstić information content (AvgIpc) is 1.82. The van der Waals surface area contributed by atoms with Gasteiger partial charge in [-0.3, -0.25) is 53.3 Å². The number of para-hydroxylation sites is 1. The molecule has 5 aromatic rings. The number of nitro groups is 1. The number of benzene rings is 4. The first-order valence-corrected chi connectivity index (χ1v) is 30.5. The van der Waals surface area contributed by atoms with Crippen LogP contribution in [0.4, 0.5) is 18.9 Å². The number of hydrogen-bond acceptors (Lipinski definition) is 18. The summed E-state index contributed by atoms with van der Waals surface area (Å²) in [6, 6.07) is 11.7. The van der Waals surface area contributed by atoms with Crippen LogP contribution in [0.25, 0.3) is 10.9 Å². The number of carboxylic acid groups (broad SMARTS) is 1. The number of nitro benzene ring substituents is 1. The molecule has 0 saturated carbocycles. The van der Waals surface area contributed by atoms with Crippen LogP contribution in [0, 0.1) is 10.1 Å². The van der Waals surface area contributed by atoms with Gasteiger partial charge in [-0.05, 0) is 85.3 Å². The number of H-pyrrole nitrogens is 1. The highest BCUT2D eigenvalue weighted by molar-refractivity contribution is 8.76. The fourth-order valence-corrected chi connectivity index (χ4v) is 11.3. The van der Waals surface area contributed by atoms with Crippen LogP contribution in [-0.4, -0.2) is 168 Å². The summed E-state index contributed by atoms with van der Waals surface area (Å²) in [6.45, 7) is 2.56. The van der Waals surface area contributed by atoms with Gasteiger partial charge in [-0.15, -0.1) is 0 Å². The summed E-state index contributed by atoms with van der Waals surface area (Å²) in [6.07, 6.45) is -5.23. The summed E-state index contributed by atoms with van der Waals surface area (Å²) in [5.41, 5.74) is 13.9. The Kier molecular flexibility index (Phi) is 27.4. The fraction of sp³-hybridized carbons (Fsp3) is 0.379. The number of phenolic OH excluding ortho intramolecular Hbond substituents is 2. The molecular weight excluding hydrogens is 1240 g/mol. The summed E-state index contributed by atoms with van der Waals surface area (Å²) >= 11 is 0. The number of alkyl halides is 3. The number of unbranched alkanes of at least 4 members (excludes halogenated alkanes) is 1. The van der Waals surface area contributed by atoms with Gasteiger partial charge < -0.3 is 79.4 Å². The molecule has 33 heteroatoms. The number of nitrogens with zero attached hydrogens (tertiary/aromatic N) is 1. The van der Waals surface area contributed by atoms with Crippen molar-refractivity contribution in [1.29, 1.82) is 0 Å². The standard InChI is InChI=1S/C56H68N12O14S2.C2HF3O2/c1-30(69)48-56(80)66-47(54(78)62-42(49(58)73)23-33-12-18-37(71)19-13-33)29-84-83-28-46(65-51(75)43(60-31(2)70)24-32-10-16-36(17-11-32)68(81)82)55(79)63-44(25-34-14-20-38(72)21-15-34)52(76)64-45(26-35-27-59-40-8-4-3-7-39(35)40)53(77)61-41(50(74)67-48)9-5-6-22-57;3-2(4,5)1(6)7/h3-4,7-8,10-21,27,30,41-48,59,69,71-72H,5-6,9,22-26,28-29,57H2,1-2H3,(H2,58,73)(H,60,70)(H,61,77)(H,62,78)(H,63,79)(H,64,76)(H,65,75)(H,66,80)(H,67,74);(H,6,7)/t30-,41?,42-,43+,44+,45-,46?,47+,48+;/m1./s1. The van der Waals surface area contributed by atoms with Gasteiger partial charge in [-0.1, -0.05) is 76.2 Å². The molecule has 17 N–H and O–H groups in total. The number of aliphatic hydroxyl groups is 1. The Balaban J connectivity index is 0.00000202. The first-order valence-electron chi connectivity index (χ1n) is 28.0. The number of hydrogen-bond donors (Lipinski definition) is 15. The van der Waals surface area contributed by atoms with Gasteiger partial charge in [0.1, 0.15) is 59.8 Å². The number of rotatable bonds is 20. The third-order valence-corrected chi connectivity index (χ3v) is 16.2. The van der Waals surface area contributed by atoms with Crippen LogP contribution >= 0.6 is 21.6 Å². The number of aromatic nitrogens is 1. The topological polar surface area (TPSA) is 459 Å². The van der Waals surface area contributed by atoms with Crippen molar-refractivity contribution >= 4 is 97.3 Å². The van der Waals surface area contributed by atoms with E-state index in [0.29, 0.717) is 39.6 Å². The molecule has 1 saturated heterocycles. The maximum absolute atomic E-state index is 14.9. The molecule has 9 atom stereocenters. The van der Waals surface area contributed by atoms with E-state index < -0.39 is 125 Å². The lowest BCUT2D eigenvalue weighted by molar-refractivity contribution is -0.384. The number of halogens is 3. The number of primary amides is 1. The van der Waals surface area contributed by atoms with Gasteiger partial charge in [0.25, 0.3) is 5.69 Å². The van der Waals surface area contributed by atoms with Crippen molar-refractivity contribution in [2.45, 2.75) is 119 Å². The van der Waals surface area contributed by atoms with Crippen molar-refractivity contribution in [3.05, 3.63) is 136 Å². The minimum atomic E-state index is -5.08. The fourth-order valence-electron chi connectivity index (χ4n) is 8.98. The van der Waals surface area contributed by atoms with Crippen LogP contribution in [0.1, 0.15) is 55.4 Å². The number of fused-ring (bicyclic) bond motifs is 1. The normalized spacial score (nSPS) is 19.8. The summed E-state index contributed by atoms with van der Waals surface area (Å²) in [5, 5.41) is 71.3. The maximum atomic E-state index is 14.9. The van der Waals surface area contributed by atoms with Gasteiger partial charge in [-0.25, -0.2) is 4.79 Å². The molecule has 6 rings (SSSR count). The number of aromatic amines is 1. The maximum Gasteiger partial charge on any atom is 0.490 e. The molecule has 2 heterocycles. The van der Waals surface area contributed by atoms with Crippen molar-refractivity contribution in [1.82, 2.24) is 47.5 Å². The minimum Gasteiger partial charge on any atom is -0.508 e. The zero-order valence-electron chi connectivity index (χ0n) is 48.8. The van der Waals surface area contributed by atoms with E-state index in [2.05, 4.69) is 47.5 Å². The van der Waals surface area contributed by atoms with Crippen molar-refractivity contribution in [3.8, 4) is 11.5 Å². The Labute approximate surface area is 525 Å². The molecule has 4 aromatic carbocycles. The molecule has 91 heavy (non-hydrogen) atoms. The minimum absolute atomic E-state index is 0.0472. The molecule has 9 amide bonds. The predicted octanol–water partition coefficient (Wildman–Crippen LogP) is 0.680. The quantitative estimate of drug-likeness (QED) is 0.0220. The largest absolute Gasteiger partial charge is 0.508 e. The molecule has 0 spiro atoms. The number of amides is 9. The van der Waals surface area contributed by atoms with E-state index in [0.717, 1.165) is 28.5 Å². The van der Waals surface area contributed by atoms with Gasteiger partial charge in [0, 0.05) is 73.3 Å². The number of nitrogens with two attached hydrogens (primary N) is 2. The zero-order chi connectivity index (χ0) is 67.1. The van der Waals surface area contributed by atoms with Crippen molar-refractivity contribution < 1.29 is 86.5 Å². The second-order valence-corrected chi connectivity index (χ2v) is 23.4. The average molecular weight is 1310 g/mol. The number of phenols is 2. The SMILES string of the molecule is CC(=O)N[C@@H](Cc1ccc([N+](=O)[O-])cc1)C(=O)NC1CSSC[C@@H](C(=O)N[C@H](Cc2ccc(O)cc2)C(N)=O)NC(=O)[C@H]([C@@H](C)O)NC(=O)C(CCCCN)NC(=O)[C@@H](Cc2c[nH]c3ccccc23)NC(=O)[C@H](Cc2ccc(O)cc2)NC1=O.O=C(O)C(F)(F)F. The van der Waals surface area contributed by atoms with Crippen molar-refractivity contribution in [2.24, 2.45) is 11.5 Å². The molecule has 1 aromatic heterocycles. The molecule has 0 bridgehead atoms. The predicted molar refractivity (Wildman–Crippen MR) is 326 cm³/mol.